The second kappa shape index (κ2) is 6.38. The Kier molecular flexibility index (Phi) is 4.17. The van der Waals surface area contributed by atoms with Crippen LogP contribution < -0.4 is 0 Å². The van der Waals surface area contributed by atoms with Gasteiger partial charge in [-0.25, -0.2) is 0 Å². The number of aromatic nitrogens is 3. The van der Waals surface area contributed by atoms with Crippen LogP contribution in [0.3, 0.4) is 0 Å². The Morgan fingerprint density at radius 1 is 1.35 bits per heavy atom. The van der Waals surface area contributed by atoms with Crippen LogP contribution in [0.15, 0.2) is 24.5 Å². The highest BCUT2D eigenvalue weighted by molar-refractivity contribution is 5.73. The lowest BCUT2D eigenvalue weighted by Crippen LogP contribution is -2.28. The maximum atomic E-state index is 11.4. The van der Waals surface area contributed by atoms with Crippen LogP contribution in [-0.4, -0.2) is 25.8 Å². The lowest BCUT2D eigenvalue weighted by molar-refractivity contribution is -0.146. The van der Waals surface area contributed by atoms with Gasteiger partial charge in [0.2, 0.25) is 0 Å². The molecule has 1 aromatic heterocycles. The summed E-state index contributed by atoms with van der Waals surface area (Å²) in [6, 6.07) is 4.53. The van der Waals surface area contributed by atoms with Gasteiger partial charge in [-0.3, -0.25) is 4.79 Å². The van der Waals surface area contributed by atoms with Crippen LogP contribution in [0.5, 0.6) is 0 Å². The van der Waals surface area contributed by atoms with Crippen LogP contribution >= 0.6 is 0 Å². The summed E-state index contributed by atoms with van der Waals surface area (Å²) in [6.07, 6.45) is 11.4. The second-order valence-electron chi connectivity index (χ2n) is 8.16. The quantitative estimate of drug-likeness (QED) is 0.859. The molecule has 0 atom stereocenters. The molecule has 0 unspecified atom stereocenters. The molecule has 0 amide bonds. The smallest absolute Gasteiger partial charge is 0.309 e. The molecule has 0 bridgehead atoms. The lowest BCUT2D eigenvalue weighted by Gasteiger charge is -2.21. The third kappa shape index (κ3) is 3.18. The van der Waals surface area contributed by atoms with E-state index in [-0.39, 0.29) is 0 Å². The van der Waals surface area contributed by atoms with Crippen molar-refractivity contribution in [2.24, 2.45) is 5.41 Å². The van der Waals surface area contributed by atoms with Gasteiger partial charge in [-0.15, -0.1) is 10.2 Å². The predicted molar refractivity (Wildman–Crippen MR) is 100 cm³/mol. The van der Waals surface area contributed by atoms with E-state index in [2.05, 4.69) is 34.5 Å². The first kappa shape index (κ1) is 17.0. The Balaban J connectivity index is 1.64. The summed E-state index contributed by atoms with van der Waals surface area (Å²) in [6.45, 7) is 4.13. The molecule has 2 aliphatic rings. The van der Waals surface area contributed by atoms with Crippen LogP contribution in [0.4, 0.5) is 0 Å². The third-order valence-corrected chi connectivity index (χ3v) is 5.56. The number of carboxylic acid groups (broad SMARTS) is 1. The standard InChI is InChI=1S/C21H25N3O2/c1-21(2,20(25)26)11-19-23-22-13-24(19)12-15-9-10-17(14-7-8-14)18-6-4-3-5-16(15)18/h3,5,9-10,13-14H,4,6-8,11-12H2,1-2H3,(H,25,26). The fourth-order valence-electron chi connectivity index (χ4n) is 3.76. The van der Waals surface area contributed by atoms with Crippen LogP contribution in [0.2, 0.25) is 0 Å². The first-order valence-corrected chi connectivity index (χ1v) is 9.37. The number of benzene rings is 1. The molecule has 2 aromatic rings. The first-order chi connectivity index (χ1) is 12.5. The number of aliphatic carboxylic acids is 1. The zero-order valence-electron chi connectivity index (χ0n) is 15.4. The van der Waals surface area contributed by atoms with Gasteiger partial charge in [0.1, 0.15) is 12.2 Å². The number of hydrogen-bond acceptors (Lipinski definition) is 3. The van der Waals surface area contributed by atoms with Crippen molar-refractivity contribution in [1.29, 1.82) is 0 Å². The van der Waals surface area contributed by atoms with Gasteiger partial charge in [0.05, 0.1) is 12.0 Å². The fraction of sp³-hybridized carbons (Fsp3) is 0.476. The summed E-state index contributed by atoms with van der Waals surface area (Å²) < 4.78 is 1.99. The number of carbonyl (C=O) groups is 1. The van der Waals surface area contributed by atoms with E-state index in [0.717, 1.165) is 24.6 Å². The number of carboxylic acids is 1. The monoisotopic (exact) mass is 351 g/mol. The van der Waals surface area contributed by atoms with Crippen LogP contribution in [0.1, 0.15) is 67.1 Å². The molecule has 0 aliphatic heterocycles. The third-order valence-electron chi connectivity index (χ3n) is 5.56. The van der Waals surface area contributed by atoms with Gasteiger partial charge < -0.3 is 9.67 Å². The fourth-order valence-corrected chi connectivity index (χ4v) is 3.76. The van der Waals surface area contributed by atoms with Crippen LogP contribution in [0, 0.1) is 5.41 Å². The molecule has 5 nitrogen and oxygen atoms in total. The van der Waals surface area contributed by atoms with E-state index in [1.807, 2.05) is 4.57 Å². The van der Waals surface area contributed by atoms with E-state index in [9.17, 15) is 9.90 Å². The van der Waals surface area contributed by atoms with Crippen molar-refractivity contribution in [1.82, 2.24) is 14.8 Å². The minimum atomic E-state index is -0.861. The Morgan fingerprint density at radius 2 is 2.15 bits per heavy atom. The Morgan fingerprint density at radius 3 is 2.88 bits per heavy atom. The molecule has 1 aromatic carbocycles. The van der Waals surface area contributed by atoms with Gasteiger partial charge in [-0.05, 0) is 67.7 Å². The molecule has 1 N–H and O–H groups in total. The molecule has 4 rings (SSSR count). The lowest BCUT2D eigenvalue weighted by atomic mass is 9.87. The van der Waals surface area contributed by atoms with Crippen molar-refractivity contribution >= 4 is 12.0 Å². The van der Waals surface area contributed by atoms with Crippen molar-refractivity contribution in [2.45, 2.75) is 58.4 Å². The van der Waals surface area contributed by atoms with Crippen molar-refractivity contribution in [3.05, 3.63) is 52.6 Å². The number of allylic oxidation sites excluding steroid dienone is 1. The number of nitrogens with zero attached hydrogens (tertiary/aromatic N) is 3. The summed E-state index contributed by atoms with van der Waals surface area (Å²) in [5.41, 5.74) is 4.78. The summed E-state index contributed by atoms with van der Waals surface area (Å²) in [7, 11) is 0. The Hall–Kier alpha value is -2.43. The molecule has 0 spiro atoms. The highest BCUT2D eigenvalue weighted by Gasteiger charge is 2.30. The molecule has 26 heavy (non-hydrogen) atoms. The molecule has 136 valence electrons. The minimum absolute atomic E-state index is 0.362. The number of hydrogen-bond donors (Lipinski definition) is 1. The van der Waals surface area contributed by atoms with Crippen molar-refractivity contribution < 1.29 is 9.90 Å². The zero-order valence-corrected chi connectivity index (χ0v) is 15.4. The summed E-state index contributed by atoms with van der Waals surface area (Å²) >= 11 is 0. The van der Waals surface area contributed by atoms with Crippen molar-refractivity contribution in [2.75, 3.05) is 0 Å². The highest BCUT2D eigenvalue weighted by Crippen LogP contribution is 2.44. The molecule has 0 saturated heterocycles. The molecule has 1 saturated carbocycles. The van der Waals surface area contributed by atoms with Gasteiger partial charge in [0, 0.05) is 6.42 Å². The Labute approximate surface area is 153 Å². The minimum Gasteiger partial charge on any atom is -0.481 e. The molecule has 2 aliphatic carbocycles. The van der Waals surface area contributed by atoms with Crippen molar-refractivity contribution in [3.8, 4) is 0 Å². The average molecular weight is 351 g/mol. The SMILES string of the molecule is CC(C)(Cc1nncn1Cc1ccc(C2CC2)c2c1C=CCC2)C(=O)O. The van der Waals surface area contributed by atoms with E-state index in [4.69, 9.17) is 0 Å². The molecule has 1 fully saturated rings. The second-order valence-corrected chi connectivity index (χ2v) is 8.16. The maximum absolute atomic E-state index is 11.4. The van der Waals surface area contributed by atoms with Gasteiger partial charge in [0.25, 0.3) is 0 Å². The maximum Gasteiger partial charge on any atom is 0.309 e. The van der Waals surface area contributed by atoms with E-state index < -0.39 is 11.4 Å². The van der Waals surface area contributed by atoms with Gasteiger partial charge in [-0.1, -0.05) is 24.3 Å². The van der Waals surface area contributed by atoms with Gasteiger partial charge >= 0.3 is 5.97 Å². The number of fused-ring (bicyclic) bond motifs is 1. The Bertz CT molecular complexity index is 875. The molecular formula is C21H25N3O2. The predicted octanol–water partition coefficient (Wildman–Crippen LogP) is 3.82. The molecular weight excluding hydrogens is 326 g/mol. The molecule has 1 heterocycles. The molecule has 5 heteroatoms. The van der Waals surface area contributed by atoms with E-state index in [1.54, 1.807) is 20.2 Å². The van der Waals surface area contributed by atoms with Crippen molar-refractivity contribution in [3.63, 3.8) is 0 Å². The van der Waals surface area contributed by atoms with E-state index in [0.29, 0.717) is 13.0 Å². The molecule has 0 radical (unpaired) electrons. The largest absolute Gasteiger partial charge is 0.481 e. The van der Waals surface area contributed by atoms with E-state index in [1.165, 1.54) is 35.1 Å². The van der Waals surface area contributed by atoms with Crippen LogP contribution in [0.25, 0.3) is 6.08 Å². The van der Waals surface area contributed by atoms with Gasteiger partial charge in [-0.2, -0.15) is 0 Å². The van der Waals surface area contributed by atoms with Crippen LogP contribution in [-0.2, 0) is 24.2 Å². The summed E-state index contributed by atoms with van der Waals surface area (Å²) in [5, 5.41) is 17.6. The summed E-state index contributed by atoms with van der Waals surface area (Å²) in [4.78, 5) is 11.4. The zero-order chi connectivity index (χ0) is 18.3. The first-order valence-electron chi connectivity index (χ1n) is 9.37. The van der Waals surface area contributed by atoms with E-state index >= 15 is 0 Å². The highest BCUT2D eigenvalue weighted by atomic mass is 16.4. The summed E-state index contributed by atoms with van der Waals surface area (Å²) in [5.74, 6) is 0.657. The number of rotatable bonds is 6. The topological polar surface area (TPSA) is 68.0 Å². The normalized spacial score (nSPS) is 16.5. The van der Waals surface area contributed by atoms with Gasteiger partial charge in [0.15, 0.2) is 0 Å². The average Bonchev–Trinajstić information content (AvgIpc) is 3.37.